The average molecular weight is 344 g/mol. The summed E-state index contributed by atoms with van der Waals surface area (Å²) in [4.78, 5) is 0. The number of nitrogens with one attached hydrogen (secondary N) is 1. The molecule has 1 atom stereocenters. The van der Waals surface area contributed by atoms with Gasteiger partial charge in [0, 0.05) is 6.54 Å². The molecule has 0 saturated carbocycles. The fourth-order valence-corrected chi connectivity index (χ4v) is 3.10. The summed E-state index contributed by atoms with van der Waals surface area (Å²) >= 11 is 3.40. The number of hydrogen-bond donors (Lipinski definition) is 1. The Morgan fingerprint density at radius 2 is 2.00 bits per heavy atom. The largest absolute Gasteiger partial charge is 0.316 e. The summed E-state index contributed by atoms with van der Waals surface area (Å²) in [6.45, 7) is 8.60. The van der Waals surface area contributed by atoms with Crippen LogP contribution >= 0.6 is 15.9 Å². The topological polar surface area (TPSA) is 12.0 Å². The maximum atomic E-state index is 13.7. The minimum Gasteiger partial charge on any atom is -0.316 e. The molecule has 0 radical (unpaired) electrons. The minimum absolute atomic E-state index is 0.161. The maximum absolute atomic E-state index is 13.7. The predicted molar refractivity (Wildman–Crippen MR) is 88.6 cm³/mol. The van der Waals surface area contributed by atoms with Gasteiger partial charge in [-0.15, -0.1) is 0 Å². The first-order valence-electron chi connectivity index (χ1n) is 7.72. The third kappa shape index (κ3) is 4.85. The van der Waals surface area contributed by atoms with Gasteiger partial charge in [0.2, 0.25) is 0 Å². The van der Waals surface area contributed by atoms with E-state index in [0.29, 0.717) is 4.47 Å². The van der Waals surface area contributed by atoms with Crippen molar-refractivity contribution in [2.45, 2.75) is 52.9 Å². The van der Waals surface area contributed by atoms with Crippen LogP contribution in [-0.4, -0.2) is 13.1 Å². The molecule has 114 valence electrons. The van der Waals surface area contributed by atoms with E-state index in [-0.39, 0.29) is 11.2 Å². The second-order valence-electron chi connectivity index (χ2n) is 5.63. The van der Waals surface area contributed by atoms with Crippen LogP contribution < -0.4 is 5.32 Å². The highest BCUT2D eigenvalue weighted by molar-refractivity contribution is 9.10. The van der Waals surface area contributed by atoms with Crippen LogP contribution in [0.25, 0.3) is 0 Å². The van der Waals surface area contributed by atoms with Crippen molar-refractivity contribution in [1.29, 1.82) is 0 Å². The van der Waals surface area contributed by atoms with Gasteiger partial charge in [-0.05, 0) is 58.8 Å². The normalized spacial score (nSPS) is 14.2. The van der Waals surface area contributed by atoms with E-state index in [1.54, 1.807) is 0 Å². The first kappa shape index (κ1) is 17.6. The van der Waals surface area contributed by atoms with Crippen molar-refractivity contribution < 1.29 is 4.39 Å². The fraction of sp³-hybridized carbons (Fsp3) is 0.647. The van der Waals surface area contributed by atoms with E-state index in [2.05, 4.69) is 42.0 Å². The zero-order valence-electron chi connectivity index (χ0n) is 12.9. The molecule has 0 bridgehead atoms. The molecule has 1 aromatic carbocycles. The third-order valence-corrected chi connectivity index (χ3v) is 5.05. The summed E-state index contributed by atoms with van der Waals surface area (Å²) in [5.74, 6) is -0.161. The van der Waals surface area contributed by atoms with Crippen molar-refractivity contribution in [3.05, 3.63) is 34.1 Å². The Morgan fingerprint density at radius 3 is 2.60 bits per heavy atom. The Balaban J connectivity index is 2.94. The summed E-state index contributed by atoms with van der Waals surface area (Å²) in [6, 6.07) is 5.36. The first-order chi connectivity index (χ1) is 9.58. The van der Waals surface area contributed by atoms with Crippen molar-refractivity contribution in [1.82, 2.24) is 5.32 Å². The minimum atomic E-state index is -0.161. The molecule has 0 fully saturated rings. The van der Waals surface area contributed by atoms with Crippen LogP contribution in [-0.2, 0) is 6.42 Å². The zero-order chi connectivity index (χ0) is 15.0. The van der Waals surface area contributed by atoms with E-state index < -0.39 is 0 Å². The molecular formula is C17H27BrFN. The van der Waals surface area contributed by atoms with Crippen LogP contribution in [0.4, 0.5) is 4.39 Å². The fourth-order valence-electron chi connectivity index (χ4n) is 2.70. The Kier molecular flexibility index (Phi) is 7.75. The lowest BCUT2D eigenvalue weighted by Crippen LogP contribution is -2.36. The number of hydrogen-bond acceptors (Lipinski definition) is 1. The Morgan fingerprint density at radius 1 is 1.25 bits per heavy atom. The molecule has 0 aliphatic carbocycles. The van der Waals surface area contributed by atoms with Crippen LogP contribution in [0.2, 0.25) is 0 Å². The molecule has 1 unspecified atom stereocenters. The van der Waals surface area contributed by atoms with Gasteiger partial charge >= 0.3 is 0 Å². The van der Waals surface area contributed by atoms with Crippen LogP contribution in [0.1, 0.15) is 52.0 Å². The number of halogens is 2. The van der Waals surface area contributed by atoms with E-state index in [1.165, 1.54) is 25.3 Å². The Hall–Kier alpha value is -0.410. The highest BCUT2D eigenvalue weighted by atomic mass is 79.9. The van der Waals surface area contributed by atoms with Gasteiger partial charge in [-0.25, -0.2) is 4.39 Å². The predicted octanol–water partition coefficient (Wildman–Crippen LogP) is 5.33. The summed E-state index contributed by atoms with van der Waals surface area (Å²) < 4.78 is 14.3. The lowest BCUT2D eigenvalue weighted by molar-refractivity contribution is 0.230. The molecule has 1 N–H and O–H groups in total. The maximum Gasteiger partial charge on any atom is 0.137 e. The monoisotopic (exact) mass is 343 g/mol. The van der Waals surface area contributed by atoms with E-state index in [1.807, 2.05) is 12.1 Å². The summed E-state index contributed by atoms with van der Waals surface area (Å²) in [5.41, 5.74) is 1.31. The van der Waals surface area contributed by atoms with E-state index >= 15 is 0 Å². The van der Waals surface area contributed by atoms with Crippen LogP contribution in [0, 0.1) is 11.2 Å². The lowest BCUT2D eigenvalue weighted by Gasteiger charge is -2.34. The van der Waals surface area contributed by atoms with Gasteiger partial charge in [-0.2, -0.15) is 0 Å². The number of unbranched alkanes of at least 4 members (excludes halogenated alkanes) is 1. The van der Waals surface area contributed by atoms with Crippen molar-refractivity contribution in [3.63, 3.8) is 0 Å². The van der Waals surface area contributed by atoms with Gasteiger partial charge in [-0.3, -0.25) is 0 Å². The average Bonchev–Trinajstić information content (AvgIpc) is 2.47. The SMILES string of the molecule is CCCCC(CC)(CNCC)Cc1cccc(F)c1Br. The van der Waals surface area contributed by atoms with Crippen LogP contribution in [0.3, 0.4) is 0 Å². The van der Waals surface area contributed by atoms with Gasteiger partial charge in [0.25, 0.3) is 0 Å². The van der Waals surface area contributed by atoms with Gasteiger partial charge < -0.3 is 5.32 Å². The molecule has 0 spiro atoms. The molecule has 0 aliphatic rings. The number of benzene rings is 1. The first-order valence-corrected chi connectivity index (χ1v) is 8.51. The van der Waals surface area contributed by atoms with E-state index in [9.17, 15) is 4.39 Å². The molecule has 0 heterocycles. The van der Waals surface area contributed by atoms with Crippen LogP contribution in [0.15, 0.2) is 22.7 Å². The summed E-state index contributed by atoms with van der Waals surface area (Å²) in [5, 5.41) is 3.49. The Labute approximate surface area is 131 Å². The third-order valence-electron chi connectivity index (χ3n) is 4.16. The van der Waals surface area contributed by atoms with Gasteiger partial charge in [0.1, 0.15) is 5.82 Å². The molecule has 20 heavy (non-hydrogen) atoms. The molecule has 0 aliphatic heterocycles. The standard InChI is InChI=1S/C17H27BrFN/c1-4-7-11-17(5-2,13-20-6-3)12-14-9-8-10-15(19)16(14)18/h8-10,20H,4-7,11-13H2,1-3H3. The molecule has 1 rings (SSSR count). The zero-order valence-corrected chi connectivity index (χ0v) is 14.5. The van der Waals surface area contributed by atoms with E-state index in [0.717, 1.165) is 31.5 Å². The number of rotatable bonds is 9. The second-order valence-corrected chi connectivity index (χ2v) is 6.42. The van der Waals surface area contributed by atoms with E-state index in [4.69, 9.17) is 0 Å². The smallest absolute Gasteiger partial charge is 0.137 e. The van der Waals surface area contributed by atoms with Gasteiger partial charge in [0.15, 0.2) is 0 Å². The van der Waals surface area contributed by atoms with Gasteiger partial charge in [-0.1, -0.05) is 45.7 Å². The molecule has 0 amide bonds. The quantitative estimate of drug-likeness (QED) is 0.639. The molecule has 0 saturated heterocycles. The van der Waals surface area contributed by atoms with Crippen molar-refractivity contribution >= 4 is 15.9 Å². The molecule has 0 aromatic heterocycles. The summed E-state index contributed by atoms with van der Waals surface area (Å²) in [6.07, 6.45) is 5.66. The van der Waals surface area contributed by atoms with Crippen molar-refractivity contribution in [2.24, 2.45) is 5.41 Å². The van der Waals surface area contributed by atoms with Crippen molar-refractivity contribution in [2.75, 3.05) is 13.1 Å². The molecular weight excluding hydrogens is 317 g/mol. The highest BCUT2D eigenvalue weighted by Crippen LogP contribution is 2.35. The van der Waals surface area contributed by atoms with Crippen LogP contribution in [0.5, 0.6) is 0 Å². The lowest BCUT2D eigenvalue weighted by atomic mass is 9.75. The summed E-state index contributed by atoms with van der Waals surface area (Å²) in [7, 11) is 0. The second kappa shape index (κ2) is 8.78. The Bertz CT molecular complexity index is 398. The highest BCUT2D eigenvalue weighted by Gasteiger charge is 2.28. The van der Waals surface area contributed by atoms with Crippen molar-refractivity contribution in [3.8, 4) is 0 Å². The molecule has 3 heteroatoms. The van der Waals surface area contributed by atoms with Gasteiger partial charge in [0.05, 0.1) is 4.47 Å². The molecule has 1 nitrogen and oxygen atoms in total. The molecule has 1 aromatic rings.